The zero-order valence-corrected chi connectivity index (χ0v) is 12.1. The van der Waals surface area contributed by atoms with Crippen molar-refractivity contribution in [2.24, 2.45) is 0 Å². The number of carbonyl (C=O) groups excluding carboxylic acids is 1. The smallest absolute Gasteiger partial charge is 0.227 e. The molecule has 1 amide bonds. The maximum absolute atomic E-state index is 12.8. The lowest BCUT2D eigenvalue weighted by Gasteiger charge is -2.03. The highest BCUT2D eigenvalue weighted by Crippen LogP contribution is 2.13. The molecule has 2 aromatic heterocycles. The molecule has 0 saturated heterocycles. The topological polar surface area (TPSA) is 80.9 Å². The first-order chi connectivity index (χ1) is 11.2. The SMILES string of the molecule is O=C(CCc1nc(-c2ccccn2)no1)Nc1ccc(F)cc1. The Balaban J connectivity index is 1.55. The van der Waals surface area contributed by atoms with Crippen LogP contribution in [0.1, 0.15) is 12.3 Å². The Labute approximate surface area is 131 Å². The van der Waals surface area contributed by atoms with Crippen LogP contribution >= 0.6 is 0 Å². The molecule has 0 aliphatic carbocycles. The number of amides is 1. The van der Waals surface area contributed by atoms with Gasteiger partial charge in [-0.1, -0.05) is 11.2 Å². The average molecular weight is 312 g/mol. The highest BCUT2D eigenvalue weighted by atomic mass is 19.1. The monoisotopic (exact) mass is 312 g/mol. The molecular formula is C16H13FN4O2. The first-order valence-electron chi connectivity index (χ1n) is 7.00. The Kier molecular flexibility index (Phi) is 4.37. The molecule has 0 aliphatic heterocycles. The predicted molar refractivity (Wildman–Crippen MR) is 80.9 cm³/mol. The number of aryl methyl sites for hydroxylation is 1. The standard InChI is InChI=1S/C16H13FN4O2/c17-11-4-6-12(7-5-11)19-14(22)8-9-15-20-16(21-23-15)13-3-1-2-10-18-13/h1-7,10H,8-9H2,(H,19,22). The Morgan fingerprint density at radius 2 is 2.00 bits per heavy atom. The molecule has 3 rings (SSSR count). The van der Waals surface area contributed by atoms with Crippen molar-refractivity contribution in [1.82, 2.24) is 15.1 Å². The minimum atomic E-state index is -0.351. The maximum atomic E-state index is 12.8. The van der Waals surface area contributed by atoms with E-state index in [2.05, 4.69) is 20.4 Å². The summed E-state index contributed by atoms with van der Waals surface area (Å²) < 4.78 is 17.9. The lowest BCUT2D eigenvalue weighted by molar-refractivity contribution is -0.116. The molecule has 0 bridgehead atoms. The van der Waals surface area contributed by atoms with Crippen molar-refractivity contribution in [3.63, 3.8) is 0 Å². The van der Waals surface area contributed by atoms with Gasteiger partial charge in [0.25, 0.3) is 0 Å². The van der Waals surface area contributed by atoms with Gasteiger partial charge in [-0.3, -0.25) is 9.78 Å². The number of anilines is 1. The Morgan fingerprint density at radius 3 is 2.74 bits per heavy atom. The van der Waals surface area contributed by atoms with Crippen molar-refractivity contribution in [3.8, 4) is 11.5 Å². The lowest BCUT2D eigenvalue weighted by Crippen LogP contribution is -2.12. The largest absolute Gasteiger partial charge is 0.339 e. The van der Waals surface area contributed by atoms with Gasteiger partial charge >= 0.3 is 0 Å². The van der Waals surface area contributed by atoms with E-state index in [-0.39, 0.29) is 18.1 Å². The summed E-state index contributed by atoms with van der Waals surface area (Å²) in [7, 11) is 0. The molecule has 23 heavy (non-hydrogen) atoms. The van der Waals surface area contributed by atoms with Crippen molar-refractivity contribution >= 4 is 11.6 Å². The molecule has 0 saturated carbocycles. The minimum absolute atomic E-state index is 0.182. The normalized spacial score (nSPS) is 10.5. The molecule has 0 radical (unpaired) electrons. The predicted octanol–water partition coefficient (Wildman–Crippen LogP) is 2.84. The van der Waals surface area contributed by atoms with E-state index in [1.807, 2.05) is 6.07 Å². The summed E-state index contributed by atoms with van der Waals surface area (Å²) >= 11 is 0. The molecule has 1 aromatic carbocycles. The van der Waals surface area contributed by atoms with Gasteiger partial charge in [0.15, 0.2) is 0 Å². The summed E-state index contributed by atoms with van der Waals surface area (Å²) in [6.45, 7) is 0. The third kappa shape index (κ3) is 3.97. The van der Waals surface area contributed by atoms with E-state index in [0.29, 0.717) is 29.5 Å². The molecule has 0 spiro atoms. The molecule has 7 heteroatoms. The number of benzene rings is 1. The fraction of sp³-hybridized carbons (Fsp3) is 0.125. The quantitative estimate of drug-likeness (QED) is 0.783. The van der Waals surface area contributed by atoms with Crippen LogP contribution in [0.2, 0.25) is 0 Å². The summed E-state index contributed by atoms with van der Waals surface area (Å²) in [4.78, 5) is 20.2. The van der Waals surface area contributed by atoms with Crippen LogP contribution in [-0.4, -0.2) is 21.0 Å². The highest BCUT2D eigenvalue weighted by Gasteiger charge is 2.11. The number of aromatic nitrogens is 3. The van der Waals surface area contributed by atoms with Gasteiger partial charge in [-0.05, 0) is 36.4 Å². The van der Waals surface area contributed by atoms with Crippen LogP contribution in [0.25, 0.3) is 11.5 Å². The van der Waals surface area contributed by atoms with E-state index in [1.165, 1.54) is 24.3 Å². The number of nitrogens with one attached hydrogen (secondary N) is 1. The Morgan fingerprint density at radius 1 is 1.17 bits per heavy atom. The zero-order valence-electron chi connectivity index (χ0n) is 12.1. The van der Waals surface area contributed by atoms with Crippen LogP contribution in [-0.2, 0) is 11.2 Å². The van der Waals surface area contributed by atoms with Crippen molar-refractivity contribution in [3.05, 3.63) is 60.4 Å². The lowest BCUT2D eigenvalue weighted by atomic mass is 10.2. The van der Waals surface area contributed by atoms with Gasteiger partial charge in [-0.2, -0.15) is 4.98 Å². The van der Waals surface area contributed by atoms with Gasteiger partial charge in [-0.25, -0.2) is 4.39 Å². The molecule has 0 atom stereocenters. The van der Waals surface area contributed by atoms with Gasteiger partial charge in [0.1, 0.15) is 11.5 Å². The maximum Gasteiger partial charge on any atom is 0.227 e. The van der Waals surface area contributed by atoms with Crippen LogP contribution in [0.5, 0.6) is 0 Å². The molecule has 0 fully saturated rings. The van der Waals surface area contributed by atoms with Crippen LogP contribution in [0.3, 0.4) is 0 Å². The summed E-state index contributed by atoms with van der Waals surface area (Å²) in [5.41, 5.74) is 1.15. The zero-order chi connectivity index (χ0) is 16.1. The minimum Gasteiger partial charge on any atom is -0.339 e. The molecule has 2 heterocycles. The summed E-state index contributed by atoms with van der Waals surface area (Å²) in [5.74, 6) is 0.185. The van der Waals surface area contributed by atoms with Crippen molar-refractivity contribution in [1.29, 1.82) is 0 Å². The van der Waals surface area contributed by atoms with Gasteiger partial charge < -0.3 is 9.84 Å². The Bertz CT molecular complexity index is 787. The van der Waals surface area contributed by atoms with E-state index in [4.69, 9.17) is 4.52 Å². The van der Waals surface area contributed by atoms with E-state index in [1.54, 1.807) is 18.3 Å². The van der Waals surface area contributed by atoms with Crippen LogP contribution < -0.4 is 5.32 Å². The fourth-order valence-electron chi connectivity index (χ4n) is 1.93. The summed E-state index contributed by atoms with van der Waals surface area (Å²) in [5, 5.41) is 6.51. The van der Waals surface area contributed by atoms with Gasteiger partial charge in [0.05, 0.1) is 0 Å². The van der Waals surface area contributed by atoms with E-state index >= 15 is 0 Å². The number of hydrogen-bond donors (Lipinski definition) is 1. The Hall–Kier alpha value is -3.09. The fourth-order valence-corrected chi connectivity index (χ4v) is 1.93. The second-order valence-electron chi connectivity index (χ2n) is 4.78. The van der Waals surface area contributed by atoms with Gasteiger partial charge in [-0.15, -0.1) is 0 Å². The molecule has 0 aliphatic rings. The van der Waals surface area contributed by atoms with E-state index in [0.717, 1.165) is 0 Å². The first-order valence-corrected chi connectivity index (χ1v) is 7.00. The number of nitrogens with zero attached hydrogens (tertiary/aromatic N) is 3. The molecule has 1 N–H and O–H groups in total. The first kappa shape index (κ1) is 14.8. The van der Waals surface area contributed by atoms with Gasteiger partial charge in [0, 0.05) is 24.7 Å². The van der Waals surface area contributed by atoms with Crippen molar-refractivity contribution in [2.75, 3.05) is 5.32 Å². The third-order valence-corrected chi connectivity index (χ3v) is 3.06. The highest BCUT2D eigenvalue weighted by molar-refractivity contribution is 5.90. The summed E-state index contributed by atoms with van der Waals surface area (Å²) in [6.07, 6.45) is 2.13. The van der Waals surface area contributed by atoms with Crippen molar-refractivity contribution in [2.45, 2.75) is 12.8 Å². The molecular weight excluding hydrogens is 299 g/mol. The molecule has 116 valence electrons. The molecule has 0 unspecified atom stereocenters. The van der Waals surface area contributed by atoms with E-state index in [9.17, 15) is 9.18 Å². The average Bonchev–Trinajstić information content (AvgIpc) is 3.05. The van der Waals surface area contributed by atoms with Crippen LogP contribution in [0, 0.1) is 5.82 Å². The molecule has 6 nitrogen and oxygen atoms in total. The number of pyridine rings is 1. The van der Waals surface area contributed by atoms with Crippen LogP contribution in [0.4, 0.5) is 10.1 Å². The third-order valence-electron chi connectivity index (χ3n) is 3.06. The molecule has 3 aromatic rings. The second kappa shape index (κ2) is 6.78. The van der Waals surface area contributed by atoms with Crippen LogP contribution in [0.15, 0.2) is 53.2 Å². The number of hydrogen-bond acceptors (Lipinski definition) is 5. The van der Waals surface area contributed by atoms with Crippen molar-refractivity contribution < 1.29 is 13.7 Å². The second-order valence-corrected chi connectivity index (χ2v) is 4.78. The number of rotatable bonds is 5. The number of carbonyl (C=O) groups is 1. The van der Waals surface area contributed by atoms with Gasteiger partial charge in [0.2, 0.25) is 17.6 Å². The van der Waals surface area contributed by atoms with E-state index < -0.39 is 0 Å². The summed E-state index contributed by atoms with van der Waals surface area (Å²) in [6, 6.07) is 11.0. The number of halogens is 1.